The molecular weight excluding hydrogens is 396 g/mol. The van der Waals surface area contributed by atoms with Gasteiger partial charge in [0, 0.05) is 25.2 Å². The number of nitrogens with one attached hydrogen (secondary N) is 1. The lowest BCUT2D eigenvalue weighted by Gasteiger charge is -2.19. The van der Waals surface area contributed by atoms with Gasteiger partial charge in [0.15, 0.2) is 17.1 Å². The molecule has 0 fully saturated rings. The molecule has 1 aliphatic heterocycles. The molecule has 0 unspecified atom stereocenters. The van der Waals surface area contributed by atoms with Gasteiger partial charge in [-0.25, -0.2) is 0 Å². The van der Waals surface area contributed by atoms with Gasteiger partial charge in [0.25, 0.3) is 11.5 Å². The van der Waals surface area contributed by atoms with Crippen LogP contribution in [0.4, 0.5) is 0 Å². The molecule has 0 saturated heterocycles. The van der Waals surface area contributed by atoms with Gasteiger partial charge in [-0.3, -0.25) is 9.59 Å². The normalized spacial score (nSPS) is 12.7. The molecule has 2 aromatic heterocycles. The van der Waals surface area contributed by atoms with Crippen LogP contribution in [0.1, 0.15) is 15.9 Å². The minimum atomic E-state index is -0.330. The molecule has 0 radical (unpaired) electrons. The van der Waals surface area contributed by atoms with E-state index in [1.807, 2.05) is 48.5 Å². The summed E-state index contributed by atoms with van der Waals surface area (Å²) in [6.07, 6.45) is 1.42. The van der Waals surface area contributed by atoms with Gasteiger partial charge in [-0.2, -0.15) is 9.61 Å². The molecule has 0 bridgehead atoms. The van der Waals surface area contributed by atoms with Crippen LogP contribution in [0.25, 0.3) is 16.9 Å². The Morgan fingerprint density at radius 2 is 1.87 bits per heavy atom. The average Bonchev–Trinajstić information content (AvgIpc) is 3.23. The Hall–Kier alpha value is -4.07. The topological polar surface area (TPSA) is 88.9 Å². The van der Waals surface area contributed by atoms with E-state index in [0.717, 1.165) is 11.1 Å². The van der Waals surface area contributed by atoms with E-state index in [1.165, 1.54) is 16.8 Å². The van der Waals surface area contributed by atoms with Crippen LogP contribution in [0.5, 0.6) is 11.5 Å². The smallest absolute Gasteiger partial charge is 0.274 e. The SMILES string of the molecule is CN(Cc1ccccc1)C(=O)c1cnn2c(=O)cc(-c3ccc4c(c3)OCCO4)[nH]c12. The predicted octanol–water partition coefficient (Wildman–Crippen LogP) is 2.73. The lowest BCUT2D eigenvalue weighted by Crippen LogP contribution is -2.26. The second-order valence-electron chi connectivity index (χ2n) is 7.35. The van der Waals surface area contributed by atoms with Crippen molar-refractivity contribution in [2.75, 3.05) is 20.3 Å². The quantitative estimate of drug-likeness (QED) is 0.553. The Labute approximate surface area is 177 Å². The summed E-state index contributed by atoms with van der Waals surface area (Å²) in [6, 6.07) is 16.6. The maximum Gasteiger partial charge on any atom is 0.274 e. The number of carbonyl (C=O) groups excluding carboxylic acids is 1. The fourth-order valence-corrected chi connectivity index (χ4v) is 3.64. The molecule has 8 heteroatoms. The van der Waals surface area contributed by atoms with Crippen molar-refractivity contribution in [3.8, 4) is 22.8 Å². The van der Waals surface area contributed by atoms with Gasteiger partial charge >= 0.3 is 0 Å². The monoisotopic (exact) mass is 416 g/mol. The first-order chi connectivity index (χ1) is 15.1. The largest absolute Gasteiger partial charge is 0.486 e. The number of H-pyrrole nitrogens is 1. The number of hydrogen-bond donors (Lipinski definition) is 1. The number of aromatic nitrogens is 3. The van der Waals surface area contributed by atoms with E-state index in [-0.39, 0.29) is 11.5 Å². The molecule has 0 atom stereocenters. The number of nitrogens with zero attached hydrogens (tertiary/aromatic N) is 3. The fraction of sp³-hybridized carbons (Fsp3) is 0.174. The van der Waals surface area contributed by atoms with Crippen LogP contribution in [0.15, 0.2) is 65.6 Å². The minimum Gasteiger partial charge on any atom is -0.486 e. The molecule has 0 aliphatic carbocycles. The second kappa shape index (κ2) is 7.64. The molecule has 5 rings (SSSR count). The molecule has 0 saturated carbocycles. The highest BCUT2D eigenvalue weighted by atomic mass is 16.6. The second-order valence-corrected chi connectivity index (χ2v) is 7.35. The first-order valence-electron chi connectivity index (χ1n) is 9.90. The number of hydrogen-bond acceptors (Lipinski definition) is 5. The van der Waals surface area contributed by atoms with E-state index in [2.05, 4.69) is 10.1 Å². The van der Waals surface area contributed by atoms with Gasteiger partial charge in [-0.1, -0.05) is 30.3 Å². The molecule has 0 spiro atoms. The van der Waals surface area contributed by atoms with Gasteiger partial charge in [0.2, 0.25) is 0 Å². The molecule has 4 aromatic rings. The molecular formula is C23H20N4O4. The van der Waals surface area contributed by atoms with Gasteiger partial charge in [-0.15, -0.1) is 0 Å². The third kappa shape index (κ3) is 3.52. The van der Waals surface area contributed by atoms with E-state index in [9.17, 15) is 9.59 Å². The summed E-state index contributed by atoms with van der Waals surface area (Å²) in [4.78, 5) is 30.5. The van der Waals surface area contributed by atoms with Crippen molar-refractivity contribution in [3.63, 3.8) is 0 Å². The first-order valence-corrected chi connectivity index (χ1v) is 9.90. The standard InChI is InChI=1S/C23H20N4O4/c1-26(14-15-5-3-2-4-6-15)23(29)17-13-24-27-21(28)12-18(25-22(17)27)16-7-8-19-20(11-16)31-10-9-30-19/h2-8,11-13,25H,9-10,14H2,1H3. The summed E-state index contributed by atoms with van der Waals surface area (Å²) in [5, 5.41) is 4.11. The van der Waals surface area contributed by atoms with Crippen molar-refractivity contribution in [2.24, 2.45) is 0 Å². The van der Waals surface area contributed by atoms with E-state index in [4.69, 9.17) is 9.47 Å². The molecule has 8 nitrogen and oxygen atoms in total. The number of carbonyl (C=O) groups is 1. The Bertz CT molecular complexity index is 1330. The van der Waals surface area contributed by atoms with Gasteiger partial charge < -0.3 is 19.4 Å². The van der Waals surface area contributed by atoms with Crippen LogP contribution in [0.3, 0.4) is 0 Å². The van der Waals surface area contributed by atoms with Gasteiger partial charge in [0.05, 0.1) is 11.9 Å². The number of benzene rings is 2. The lowest BCUT2D eigenvalue weighted by molar-refractivity contribution is 0.0787. The van der Waals surface area contributed by atoms with Crippen molar-refractivity contribution < 1.29 is 14.3 Å². The molecule has 1 amide bonds. The van der Waals surface area contributed by atoms with E-state index in [1.54, 1.807) is 11.9 Å². The number of aromatic amines is 1. The van der Waals surface area contributed by atoms with Crippen molar-refractivity contribution in [1.82, 2.24) is 19.5 Å². The summed E-state index contributed by atoms with van der Waals surface area (Å²) in [7, 11) is 1.72. The molecule has 1 N–H and O–H groups in total. The van der Waals surface area contributed by atoms with Crippen molar-refractivity contribution in [3.05, 3.63) is 82.3 Å². The zero-order chi connectivity index (χ0) is 21.4. The summed E-state index contributed by atoms with van der Waals surface area (Å²) in [5.74, 6) is 1.06. The maximum absolute atomic E-state index is 13.1. The summed E-state index contributed by atoms with van der Waals surface area (Å²) in [5.41, 5.74) is 2.68. The zero-order valence-electron chi connectivity index (χ0n) is 16.9. The highest BCUT2D eigenvalue weighted by Gasteiger charge is 2.20. The van der Waals surface area contributed by atoms with Crippen LogP contribution in [0, 0.1) is 0 Å². The Morgan fingerprint density at radius 1 is 1.10 bits per heavy atom. The molecule has 1 aliphatic rings. The number of amides is 1. The Kier molecular flexibility index (Phi) is 4.66. The predicted molar refractivity (Wildman–Crippen MR) is 114 cm³/mol. The molecule has 3 heterocycles. The van der Waals surface area contributed by atoms with Gasteiger partial charge in [-0.05, 0) is 23.8 Å². The average molecular weight is 416 g/mol. The third-order valence-corrected chi connectivity index (χ3v) is 5.19. The zero-order valence-corrected chi connectivity index (χ0v) is 16.9. The summed E-state index contributed by atoms with van der Waals surface area (Å²) >= 11 is 0. The van der Waals surface area contributed by atoms with Crippen molar-refractivity contribution in [2.45, 2.75) is 6.54 Å². The number of rotatable bonds is 4. The number of ether oxygens (including phenoxy) is 2. The van der Waals surface area contributed by atoms with E-state index < -0.39 is 0 Å². The Morgan fingerprint density at radius 3 is 2.68 bits per heavy atom. The van der Waals surface area contributed by atoms with Crippen LogP contribution < -0.4 is 15.0 Å². The molecule has 31 heavy (non-hydrogen) atoms. The molecule has 156 valence electrons. The molecule has 2 aromatic carbocycles. The lowest BCUT2D eigenvalue weighted by atomic mass is 10.1. The van der Waals surface area contributed by atoms with E-state index in [0.29, 0.717) is 48.2 Å². The fourth-order valence-electron chi connectivity index (χ4n) is 3.64. The third-order valence-electron chi connectivity index (χ3n) is 5.19. The van der Waals surface area contributed by atoms with E-state index >= 15 is 0 Å². The van der Waals surface area contributed by atoms with Crippen LogP contribution in [0.2, 0.25) is 0 Å². The van der Waals surface area contributed by atoms with Crippen LogP contribution in [-0.4, -0.2) is 45.7 Å². The number of fused-ring (bicyclic) bond motifs is 2. The van der Waals surface area contributed by atoms with Gasteiger partial charge in [0.1, 0.15) is 18.8 Å². The highest BCUT2D eigenvalue weighted by molar-refractivity contribution is 5.99. The Balaban J connectivity index is 1.51. The summed E-state index contributed by atoms with van der Waals surface area (Å²) in [6.45, 7) is 1.43. The van der Waals surface area contributed by atoms with Crippen LogP contribution >= 0.6 is 0 Å². The highest BCUT2D eigenvalue weighted by Crippen LogP contribution is 2.33. The van der Waals surface area contributed by atoms with Crippen molar-refractivity contribution >= 4 is 11.6 Å². The van der Waals surface area contributed by atoms with Crippen LogP contribution in [-0.2, 0) is 6.54 Å². The summed E-state index contributed by atoms with van der Waals surface area (Å²) < 4.78 is 12.4. The minimum absolute atomic E-state index is 0.228. The van der Waals surface area contributed by atoms with Crippen molar-refractivity contribution in [1.29, 1.82) is 0 Å². The maximum atomic E-state index is 13.1. The first kappa shape index (κ1) is 18.9.